The maximum Gasteiger partial charge on any atom is 0.311 e. The molecule has 8 heteroatoms. The molecule has 1 rings (SSSR count). The van der Waals surface area contributed by atoms with E-state index in [0.29, 0.717) is 11.3 Å². The summed E-state index contributed by atoms with van der Waals surface area (Å²) in [6.07, 6.45) is 1.26. The molecule has 0 unspecified atom stereocenters. The summed E-state index contributed by atoms with van der Waals surface area (Å²) in [6.45, 7) is 1.30. The number of carbonyl (C=O) groups excluding carboxylic acids is 1. The molecule has 1 aromatic carbocycles. The number of amides is 1. The van der Waals surface area contributed by atoms with Crippen molar-refractivity contribution in [1.29, 1.82) is 0 Å². The lowest BCUT2D eigenvalue weighted by Crippen LogP contribution is -2.12. The third-order valence-electron chi connectivity index (χ3n) is 2.15. The lowest BCUT2D eigenvalue weighted by molar-refractivity contribution is -0.385. The summed E-state index contributed by atoms with van der Waals surface area (Å²) >= 11 is 0. The quantitative estimate of drug-likeness (QED) is 0.488. The summed E-state index contributed by atoms with van der Waals surface area (Å²) in [5.41, 5.74) is 2.33. The van der Waals surface area contributed by atoms with Gasteiger partial charge >= 0.3 is 5.69 Å². The van der Waals surface area contributed by atoms with Crippen molar-refractivity contribution in [1.82, 2.24) is 5.43 Å². The van der Waals surface area contributed by atoms with E-state index in [2.05, 4.69) is 10.5 Å². The van der Waals surface area contributed by atoms with Crippen LogP contribution in [0.5, 0.6) is 11.5 Å². The highest BCUT2D eigenvalue weighted by atomic mass is 16.6. The lowest BCUT2D eigenvalue weighted by atomic mass is 10.1. The summed E-state index contributed by atoms with van der Waals surface area (Å²) in [7, 11) is 2.74. The van der Waals surface area contributed by atoms with Crippen LogP contribution in [-0.4, -0.2) is 31.3 Å². The predicted octanol–water partition coefficient (Wildman–Crippen LogP) is 1.08. The van der Waals surface area contributed by atoms with E-state index < -0.39 is 4.92 Å². The van der Waals surface area contributed by atoms with Crippen LogP contribution in [0.15, 0.2) is 17.2 Å². The van der Waals surface area contributed by atoms with Crippen molar-refractivity contribution >= 4 is 17.8 Å². The molecule has 0 saturated heterocycles. The third-order valence-corrected chi connectivity index (χ3v) is 2.15. The number of benzene rings is 1. The molecule has 102 valence electrons. The smallest absolute Gasteiger partial charge is 0.311 e. The van der Waals surface area contributed by atoms with Gasteiger partial charge in [0.1, 0.15) is 5.75 Å². The normalized spacial score (nSPS) is 10.3. The zero-order valence-corrected chi connectivity index (χ0v) is 10.7. The van der Waals surface area contributed by atoms with Gasteiger partial charge in [-0.25, -0.2) is 5.43 Å². The number of rotatable bonds is 5. The first-order valence-electron chi connectivity index (χ1n) is 5.19. The van der Waals surface area contributed by atoms with Gasteiger partial charge in [-0.1, -0.05) is 0 Å². The SMILES string of the molecule is COc1cc(OC)c([N+](=O)[O-])cc1/C=N/NC(C)=O. The fourth-order valence-electron chi connectivity index (χ4n) is 1.34. The van der Waals surface area contributed by atoms with Gasteiger partial charge in [0.25, 0.3) is 0 Å². The van der Waals surface area contributed by atoms with Crippen LogP contribution in [0.1, 0.15) is 12.5 Å². The Hall–Kier alpha value is -2.64. The Morgan fingerprint density at radius 1 is 1.37 bits per heavy atom. The van der Waals surface area contributed by atoms with Gasteiger partial charge in [-0.15, -0.1) is 0 Å². The summed E-state index contributed by atoms with van der Waals surface area (Å²) < 4.78 is 9.98. The summed E-state index contributed by atoms with van der Waals surface area (Å²) in [5.74, 6) is 0.0771. The zero-order chi connectivity index (χ0) is 14.4. The Labute approximate surface area is 109 Å². The van der Waals surface area contributed by atoms with Crippen molar-refractivity contribution in [2.24, 2.45) is 5.10 Å². The third kappa shape index (κ3) is 3.66. The maximum absolute atomic E-state index is 10.9. The van der Waals surface area contributed by atoms with Crippen LogP contribution in [0.4, 0.5) is 5.69 Å². The first kappa shape index (κ1) is 14.4. The van der Waals surface area contributed by atoms with Crippen LogP contribution in [0.3, 0.4) is 0 Å². The minimum absolute atomic E-state index is 0.0820. The summed E-state index contributed by atoms with van der Waals surface area (Å²) in [6, 6.07) is 2.64. The highest BCUT2D eigenvalue weighted by Crippen LogP contribution is 2.33. The molecule has 0 heterocycles. The fraction of sp³-hybridized carbons (Fsp3) is 0.273. The number of methoxy groups -OCH3 is 2. The molecule has 19 heavy (non-hydrogen) atoms. The number of hydrogen-bond donors (Lipinski definition) is 1. The van der Waals surface area contributed by atoms with E-state index in [9.17, 15) is 14.9 Å². The molecule has 0 spiro atoms. The second kappa shape index (κ2) is 6.34. The number of ether oxygens (including phenoxy) is 2. The summed E-state index contributed by atoms with van der Waals surface area (Å²) in [5, 5.41) is 14.5. The van der Waals surface area contributed by atoms with Gasteiger partial charge in [-0.3, -0.25) is 14.9 Å². The van der Waals surface area contributed by atoms with Crippen LogP contribution >= 0.6 is 0 Å². The van der Waals surface area contributed by atoms with Crippen LogP contribution in [0.2, 0.25) is 0 Å². The molecule has 1 amide bonds. The number of nitro groups is 1. The summed E-state index contributed by atoms with van der Waals surface area (Å²) in [4.78, 5) is 21.0. The molecule has 0 saturated carbocycles. The molecule has 0 radical (unpaired) electrons. The van der Waals surface area contributed by atoms with E-state index in [4.69, 9.17) is 9.47 Å². The monoisotopic (exact) mass is 267 g/mol. The van der Waals surface area contributed by atoms with Crippen molar-refractivity contribution in [2.75, 3.05) is 14.2 Å². The first-order chi connectivity index (χ1) is 8.99. The largest absolute Gasteiger partial charge is 0.496 e. The zero-order valence-electron chi connectivity index (χ0n) is 10.7. The number of nitrogens with one attached hydrogen (secondary N) is 1. The Bertz CT molecular complexity index is 527. The number of nitrogens with zero attached hydrogens (tertiary/aromatic N) is 2. The van der Waals surface area contributed by atoms with E-state index >= 15 is 0 Å². The van der Waals surface area contributed by atoms with Crippen LogP contribution < -0.4 is 14.9 Å². The number of carbonyl (C=O) groups is 1. The fourth-order valence-corrected chi connectivity index (χ4v) is 1.34. The standard InChI is InChI=1S/C11H13N3O5/c1-7(15)13-12-6-8-4-9(14(16)17)11(19-3)5-10(8)18-2/h4-6H,1-3H3,(H,13,15)/b12-6+. The average molecular weight is 267 g/mol. The highest BCUT2D eigenvalue weighted by Gasteiger charge is 2.18. The predicted molar refractivity (Wildman–Crippen MR) is 67.6 cm³/mol. The number of hydrogen-bond acceptors (Lipinski definition) is 6. The molecular formula is C11H13N3O5. The molecule has 0 aliphatic carbocycles. The second-order valence-corrected chi connectivity index (χ2v) is 3.45. The van der Waals surface area contributed by atoms with E-state index in [1.54, 1.807) is 0 Å². The molecule has 0 aromatic heterocycles. The van der Waals surface area contributed by atoms with Crippen molar-refractivity contribution < 1.29 is 19.2 Å². The van der Waals surface area contributed by atoms with Crippen LogP contribution in [-0.2, 0) is 4.79 Å². The molecule has 0 aliphatic heterocycles. The lowest BCUT2D eigenvalue weighted by Gasteiger charge is -2.07. The van der Waals surface area contributed by atoms with Crippen LogP contribution in [0.25, 0.3) is 0 Å². The number of hydrazone groups is 1. The Balaban J connectivity index is 3.21. The second-order valence-electron chi connectivity index (χ2n) is 3.45. The Kier molecular flexibility index (Phi) is 4.81. The van der Waals surface area contributed by atoms with Crippen molar-refractivity contribution in [3.63, 3.8) is 0 Å². The Morgan fingerprint density at radius 2 is 2.00 bits per heavy atom. The molecule has 0 bridgehead atoms. The van der Waals surface area contributed by atoms with Crippen molar-refractivity contribution in [3.05, 3.63) is 27.8 Å². The topological polar surface area (TPSA) is 103 Å². The van der Waals surface area contributed by atoms with E-state index in [0.717, 1.165) is 0 Å². The van der Waals surface area contributed by atoms with Gasteiger partial charge in [0, 0.05) is 24.6 Å². The molecule has 0 aliphatic rings. The molecule has 1 aromatic rings. The number of nitro benzene ring substituents is 1. The molecule has 1 N–H and O–H groups in total. The Morgan fingerprint density at radius 3 is 2.47 bits per heavy atom. The van der Waals surface area contributed by atoms with Crippen molar-refractivity contribution in [3.8, 4) is 11.5 Å². The average Bonchev–Trinajstić information content (AvgIpc) is 2.37. The molecule has 0 atom stereocenters. The molecule has 8 nitrogen and oxygen atoms in total. The van der Waals surface area contributed by atoms with Gasteiger partial charge in [-0.2, -0.15) is 5.10 Å². The minimum Gasteiger partial charge on any atom is -0.496 e. The van der Waals surface area contributed by atoms with Gasteiger partial charge in [-0.05, 0) is 0 Å². The van der Waals surface area contributed by atoms with E-state index in [-0.39, 0.29) is 17.3 Å². The van der Waals surface area contributed by atoms with Gasteiger partial charge in [0.15, 0.2) is 0 Å². The van der Waals surface area contributed by atoms with E-state index in [1.165, 1.54) is 39.5 Å². The minimum atomic E-state index is -0.575. The van der Waals surface area contributed by atoms with Crippen LogP contribution in [0, 0.1) is 10.1 Å². The molecule has 0 fully saturated rings. The van der Waals surface area contributed by atoms with Gasteiger partial charge in [0.2, 0.25) is 11.7 Å². The van der Waals surface area contributed by atoms with E-state index in [1.807, 2.05) is 0 Å². The van der Waals surface area contributed by atoms with Gasteiger partial charge in [0.05, 0.1) is 25.4 Å². The maximum atomic E-state index is 10.9. The van der Waals surface area contributed by atoms with Gasteiger partial charge < -0.3 is 9.47 Å². The van der Waals surface area contributed by atoms with Crippen molar-refractivity contribution in [2.45, 2.75) is 6.92 Å². The highest BCUT2D eigenvalue weighted by molar-refractivity contribution is 5.86. The first-order valence-corrected chi connectivity index (χ1v) is 5.19. The molecular weight excluding hydrogens is 254 g/mol.